The van der Waals surface area contributed by atoms with Crippen molar-refractivity contribution in [3.63, 3.8) is 0 Å². The quantitative estimate of drug-likeness (QED) is 0.0439. The molecule has 2 unspecified atom stereocenters. The van der Waals surface area contributed by atoms with E-state index in [-0.39, 0.29) is 12.5 Å². The molecule has 0 aromatic heterocycles. The van der Waals surface area contributed by atoms with E-state index in [9.17, 15) is 15.0 Å². The molecule has 0 heterocycles. The third kappa shape index (κ3) is 41.2. The zero-order valence-corrected chi connectivity index (χ0v) is 35.3. The number of hydrogen-bond acceptors (Lipinski definition) is 3. The van der Waals surface area contributed by atoms with Gasteiger partial charge in [0, 0.05) is 6.42 Å². The van der Waals surface area contributed by atoms with Crippen LogP contribution in [-0.2, 0) is 4.79 Å². The molecule has 0 fully saturated rings. The first-order valence-electron chi connectivity index (χ1n) is 21.7. The Hall–Kier alpha value is -3.99. The van der Waals surface area contributed by atoms with E-state index in [2.05, 4.69) is 165 Å². The second-order valence-electron chi connectivity index (χ2n) is 13.7. The highest BCUT2D eigenvalue weighted by Gasteiger charge is 2.17. The van der Waals surface area contributed by atoms with Crippen LogP contribution in [0.1, 0.15) is 142 Å². The van der Waals surface area contributed by atoms with Crippen LogP contribution in [0.3, 0.4) is 0 Å². The number of nitrogens with one attached hydrogen (secondary N) is 1. The Morgan fingerprint density at radius 1 is 0.446 bits per heavy atom. The Labute approximate surface area is 344 Å². The molecule has 56 heavy (non-hydrogen) atoms. The van der Waals surface area contributed by atoms with Gasteiger partial charge in [-0.15, -0.1) is 0 Å². The molecular weight excluding hydrogens is 687 g/mol. The van der Waals surface area contributed by atoms with Gasteiger partial charge in [-0.2, -0.15) is 0 Å². The van der Waals surface area contributed by atoms with Crippen molar-refractivity contribution in [3.05, 3.63) is 158 Å². The summed E-state index contributed by atoms with van der Waals surface area (Å²) in [5.74, 6) is -0.132. The van der Waals surface area contributed by atoms with Gasteiger partial charge in [-0.05, 0) is 116 Å². The number of allylic oxidation sites excluding steroid dienone is 25. The molecule has 0 aliphatic carbocycles. The molecule has 4 heteroatoms. The van der Waals surface area contributed by atoms with Gasteiger partial charge < -0.3 is 15.5 Å². The molecule has 0 saturated carbocycles. The highest BCUT2D eigenvalue weighted by molar-refractivity contribution is 5.76. The average molecular weight is 766 g/mol. The largest absolute Gasteiger partial charge is 0.394 e. The van der Waals surface area contributed by atoms with Gasteiger partial charge in [0.05, 0.1) is 18.8 Å². The van der Waals surface area contributed by atoms with Crippen LogP contribution >= 0.6 is 0 Å². The van der Waals surface area contributed by atoms with Crippen LogP contribution in [0.4, 0.5) is 0 Å². The van der Waals surface area contributed by atoms with Crippen LogP contribution in [-0.4, -0.2) is 34.9 Å². The van der Waals surface area contributed by atoms with Crippen molar-refractivity contribution in [2.75, 3.05) is 6.61 Å². The van der Waals surface area contributed by atoms with Crippen molar-refractivity contribution in [2.45, 2.75) is 154 Å². The number of unbranched alkanes of at least 4 members (excludes halogenated alkanes) is 5. The van der Waals surface area contributed by atoms with Crippen molar-refractivity contribution in [3.8, 4) is 0 Å². The molecule has 2 atom stereocenters. The minimum atomic E-state index is -0.899. The number of aliphatic hydroxyl groups is 2. The molecule has 0 aromatic carbocycles. The number of rotatable bonds is 36. The third-order valence-electron chi connectivity index (χ3n) is 8.45. The van der Waals surface area contributed by atoms with Crippen molar-refractivity contribution >= 4 is 5.91 Å². The smallest absolute Gasteiger partial charge is 0.220 e. The summed E-state index contributed by atoms with van der Waals surface area (Å²) in [7, 11) is 0. The zero-order valence-electron chi connectivity index (χ0n) is 35.3. The van der Waals surface area contributed by atoms with Crippen LogP contribution in [0.5, 0.6) is 0 Å². The van der Waals surface area contributed by atoms with Crippen LogP contribution in [0, 0.1) is 0 Å². The van der Waals surface area contributed by atoms with Crippen LogP contribution in [0.15, 0.2) is 158 Å². The monoisotopic (exact) mass is 766 g/mol. The standard InChI is InChI=1S/C52H79NO3/c1-3-5-7-9-11-13-15-16-17-18-19-20-21-22-23-24-25-26-27-28-29-30-31-32-33-34-35-36-38-40-42-44-46-48-52(56)53-50(49-54)51(55)47-45-43-41-39-37-14-12-10-8-6-4-2/h5,7-8,10-11,13,16-17,19-20,22-23,25-26,28-29,31-32,34-35,37-40,45,47,50-51,54-55H,3-4,6,9,12,14-15,18,21,24,27,30,33,36,41-44,46,48-49H2,1-2H3,(H,53,56)/b7-5-,10-8+,13-11-,17-16-,20-19-,23-22-,26-25-,29-28-,32-31-,35-34-,39-37+,40-38-,47-45+. The summed E-state index contributed by atoms with van der Waals surface area (Å²) < 4.78 is 0. The van der Waals surface area contributed by atoms with E-state index in [1.165, 1.54) is 6.42 Å². The van der Waals surface area contributed by atoms with Gasteiger partial charge >= 0.3 is 0 Å². The van der Waals surface area contributed by atoms with Crippen LogP contribution < -0.4 is 5.32 Å². The Morgan fingerprint density at radius 3 is 1.16 bits per heavy atom. The van der Waals surface area contributed by atoms with Crippen molar-refractivity contribution in [1.29, 1.82) is 0 Å². The molecular formula is C52H79NO3. The maximum absolute atomic E-state index is 12.3. The lowest BCUT2D eigenvalue weighted by atomic mass is 10.1. The van der Waals surface area contributed by atoms with Gasteiger partial charge in [-0.25, -0.2) is 0 Å². The predicted octanol–water partition coefficient (Wildman–Crippen LogP) is 13.9. The fourth-order valence-electron chi connectivity index (χ4n) is 5.18. The molecule has 0 radical (unpaired) electrons. The molecule has 4 nitrogen and oxygen atoms in total. The molecule has 0 aromatic rings. The van der Waals surface area contributed by atoms with Crippen molar-refractivity contribution < 1.29 is 15.0 Å². The Bertz CT molecular complexity index is 1280. The first-order valence-corrected chi connectivity index (χ1v) is 21.7. The minimum Gasteiger partial charge on any atom is -0.394 e. The molecule has 0 aliphatic heterocycles. The molecule has 0 rings (SSSR count). The Kier molecular flexibility index (Phi) is 42.2. The summed E-state index contributed by atoms with van der Waals surface area (Å²) >= 11 is 0. The molecule has 0 bridgehead atoms. The fourth-order valence-corrected chi connectivity index (χ4v) is 5.18. The highest BCUT2D eigenvalue weighted by atomic mass is 16.3. The normalized spacial score (nSPS) is 14.6. The number of aliphatic hydroxyl groups excluding tert-OH is 2. The SMILES string of the molecule is CC/C=C\C/C=C\C/C=C\C/C=C\C/C=C\C/C=C\C/C=C\C/C=C\C/C=C\C/C=C\CCCCC(=O)NC(CO)C(O)/C=C/CC/C=C/CC/C=C/CCC. The first-order chi connectivity index (χ1) is 27.7. The van der Waals surface area contributed by atoms with Gasteiger partial charge in [-0.1, -0.05) is 178 Å². The lowest BCUT2D eigenvalue weighted by Crippen LogP contribution is -2.45. The maximum atomic E-state index is 12.3. The Balaban J connectivity index is 3.81. The summed E-state index contributed by atoms with van der Waals surface area (Å²) in [6.07, 6.45) is 74.9. The lowest BCUT2D eigenvalue weighted by Gasteiger charge is -2.19. The molecule has 0 aliphatic rings. The average Bonchev–Trinajstić information content (AvgIpc) is 3.20. The summed E-state index contributed by atoms with van der Waals surface area (Å²) in [6, 6.07) is -0.679. The zero-order chi connectivity index (χ0) is 40.7. The molecule has 3 N–H and O–H groups in total. The number of carbonyl (C=O) groups is 1. The number of carbonyl (C=O) groups excluding carboxylic acids is 1. The van der Waals surface area contributed by atoms with Crippen molar-refractivity contribution in [2.24, 2.45) is 0 Å². The summed E-state index contributed by atoms with van der Waals surface area (Å²) in [4.78, 5) is 12.3. The second kappa shape index (κ2) is 45.4. The maximum Gasteiger partial charge on any atom is 0.220 e. The first kappa shape index (κ1) is 52.0. The Morgan fingerprint density at radius 2 is 0.786 bits per heavy atom. The van der Waals surface area contributed by atoms with Gasteiger partial charge in [0.2, 0.25) is 5.91 Å². The van der Waals surface area contributed by atoms with Gasteiger partial charge in [-0.3, -0.25) is 4.79 Å². The second-order valence-corrected chi connectivity index (χ2v) is 13.7. The molecule has 0 spiro atoms. The highest BCUT2D eigenvalue weighted by Crippen LogP contribution is 2.06. The fraction of sp³-hybridized carbons (Fsp3) is 0.481. The van der Waals surface area contributed by atoms with E-state index in [0.29, 0.717) is 6.42 Å². The van der Waals surface area contributed by atoms with Gasteiger partial charge in [0.15, 0.2) is 0 Å². The topological polar surface area (TPSA) is 69.6 Å². The molecule has 310 valence electrons. The molecule has 1 amide bonds. The van der Waals surface area contributed by atoms with E-state index < -0.39 is 12.1 Å². The van der Waals surface area contributed by atoms with Crippen LogP contribution in [0.25, 0.3) is 0 Å². The van der Waals surface area contributed by atoms with E-state index in [1.54, 1.807) is 6.08 Å². The van der Waals surface area contributed by atoms with E-state index in [4.69, 9.17) is 0 Å². The predicted molar refractivity (Wildman–Crippen MR) is 248 cm³/mol. The van der Waals surface area contributed by atoms with Gasteiger partial charge in [0.1, 0.15) is 0 Å². The van der Waals surface area contributed by atoms with E-state index in [1.807, 2.05) is 6.08 Å². The molecule has 0 saturated heterocycles. The number of hydrogen-bond donors (Lipinski definition) is 3. The number of amides is 1. The van der Waals surface area contributed by atoms with E-state index in [0.717, 1.165) is 116 Å². The van der Waals surface area contributed by atoms with Crippen LogP contribution in [0.2, 0.25) is 0 Å². The van der Waals surface area contributed by atoms with Gasteiger partial charge in [0.25, 0.3) is 0 Å². The summed E-state index contributed by atoms with van der Waals surface area (Å²) in [6.45, 7) is 4.05. The minimum absolute atomic E-state index is 0.132. The third-order valence-corrected chi connectivity index (χ3v) is 8.45. The van der Waals surface area contributed by atoms with Crippen molar-refractivity contribution in [1.82, 2.24) is 5.32 Å². The lowest BCUT2D eigenvalue weighted by molar-refractivity contribution is -0.123. The van der Waals surface area contributed by atoms with E-state index >= 15 is 0 Å². The summed E-state index contributed by atoms with van der Waals surface area (Å²) in [5.41, 5.74) is 0. The summed E-state index contributed by atoms with van der Waals surface area (Å²) in [5, 5.41) is 22.8.